The van der Waals surface area contributed by atoms with Gasteiger partial charge in [-0.1, -0.05) is 36.4 Å². The van der Waals surface area contributed by atoms with Gasteiger partial charge in [0.2, 0.25) is 0 Å². The van der Waals surface area contributed by atoms with E-state index in [1.165, 1.54) is 31.2 Å². The van der Waals surface area contributed by atoms with Crippen LogP contribution >= 0.6 is 0 Å². The molecular weight excluding hydrogens is 334 g/mol. The first kappa shape index (κ1) is 19.1. The van der Waals surface area contributed by atoms with Crippen molar-refractivity contribution in [2.45, 2.75) is 39.2 Å². The molecule has 2 aromatic rings. The Labute approximate surface area is 162 Å². The average Bonchev–Trinajstić information content (AvgIpc) is 2.89. The standard InChI is InChI=1S/C23H27N3O/c1-19-11-12-21(16-24)15-22(19)25-23(27)18-26(13-7-2-3-8-14-26)17-20-9-5-4-6-10-20/h4-6,9-12,15H,2-3,7-8,13-14,17-18H2,1H3/p+1. The van der Waals surface area contributed by atoms with Crippen molar-refractivity contribution in [3.05, 3.63) is 65.2 Å². The van der Waals surface area contributed by atoms with Crippen LogP contribution in [0.3, 0.4) is 0 Å². The Morgan fingerprint density at radius 3 is 2.44 bits per heavy atom. The highest BCUT2D eigenvalue weighted by atomic mass is 16.2. The van der Waals surface area contributed by atoms with Crippen LogP contribution < -0.4 is 5.32 Å². The number of carbonyl (C=O) groups excluding carboxylic acids is 1. The summed E-state index contributed by atoms with van der Waals surface area (Å²) in [5, 5.41) is 12.2. The highest BCUT2D eigenvalue weighted by Crippen LogP contribution is 2.23. The second-order valence-electron chi connectivity index (χ2n) is 7.69. The fourth-order valence-corrected chi connectivity index (χ4v) is 4.02. The SMILES string of the molecule is Cc1ccc(C#N)cc1NC(=O)C[N+]1(Cc2ccccc2)CCCCCC1. The average molecular weight is 362 g/mol. The van der Waals surface area contributed by atoms with E-state index in [0.29, 0.717) is 12.1 Å². The molecule has 0 unspecified atom stereocenters. The first-order chi connectivity index (χ1) is 13.1. The summed E-state index contributed by atoms with van der Waals surface area (Å²) in [6, 6.07) is 18.1. The summed E-state index contributed by atoms with van der Waals surface area (Å²) in [5.74, 6) is 0.0334. The van der Waals surface area contributed by atoms with Crippen molar-refractivity contribution in [3.63, 3.8) is 0 Å². The highest BCUT2D eigenvalue weighted by molar-refractivity contribution is 5.92. The maximum atomic E-state index is 12.9. The van der Waals surface area contributed by atoms with Crippen molar-refractivity contribution < 1.29 is 9.28 Å². The molecule has 1 saturated heterocycles. The third kappa shape index (κ3) is 5.18. The molecule has 1 aliphatic rings. The number of nitrogens with one attached hydrogen (secondary N) is 1. The minimum absolute atomic E-state index is 0.0334. The zero-order valence-corrected chi connectivity index (χ0v) is 16.1. The summed E-state index contributed by atoms with van der Waals surface area (Å²) >= 11 is 0. The van der Waals surface area contributed by atoms with Crippen LogP contribution in [0.5, 0.6) is 0 Å². The Balaban J connectivity index is 1.77. The molecule has 1 heterocycles. The molecule has 0 atom stereocenters. The smallest absolute Gasteiger partial charge is 0.279 e. The van der Waals surface area contributed by atoms with E-state index >= 15 is 0 Å². The molecule has 0 saturated carbocycles. The molecule has 0 bridgehead atoms. The molecule has 140 valence electrons. The summed E-state index contributed by atoms with van der Waals surface area (Å²) < 4.78 is 0.812. The van der Waals surface area contributed by atoms with Crippen LogP contribution in [0.2, 0.25) is 0 Å². The van der Waals surface area contributed by atoms with Gasteiger partial charge in [0.15, 0.2) is 6.54 Å². The van der Waals surface area contributed by atoms with Gasteiger partial charge in [-0.3, -0.25) is 4.79 Å². The number of amides is 1. The molecule has 1 aliphatic heterocycles. The Bertz CT molecular complexity index is 815. The van der Waals surface area contributed by atoms with Crippen LogP contribution in [0.25, 0.3) is 0 Å². The summed E-state index contributed by atoms with van der Waals surface area (Å²) in [6.45, 7) is 5.41. The van der Waals surface area contributed by atoms with Crippen molar-refractivity contribution in [2.75, 3.05) is 25.0 Å². The second kappa shape index (κ2) is 8.83. The summed E-state index contributed by atoms with van der Waals surface area (Å²) in [4.78, 5) is 12.9. The van der Waals surface area contributed by atoms with Gasteiger partial charge >= 0.3 is 0 Å². The van der Waals surface area contributed by atoms with Gasteiger partial charge in [0.1, 0.15) is 6.54 Å². The van der Waals surface area contributed by atoms with Crippen molar-refractivity contribution in [2.24, 2.45) is 0 Å². The lowest BCUT2D eigenvalue weighted by Crippen LogP contribution is -2.52. The maximum absolute atomic E-state index is 12.9. The zero-order valence-electron chi connectivity index (χ0n) is 16.1. The molecule has 1 fully saturated rings. The number of rotatable bonds is 5. The molecule has 4 nitrogen and oxygen atoms in total. The minimum Gasteiger partial charge on any atom is -0.321 e. The van der Waals surface area contributed by atoms with E-state index in [9.17, 15) is 4.79 Å². The first-order valence-electron chi connectivity index (χ1n) is 9.80. The molecule has 1 amide bonds. The molecule has 1 N–H and O–H groups in total. The number of hydrogen-bond donors (Lipinski definition) is 1. The Morgan fingerprint density at radius 2 is 1.78 bits per heavy atom. The van der Waals surface area contributed by atoms with Crippen LogP contribution in [0.1, 0.15) is 42.4 Å². The fourth-order valence-electron chi connectivity index (χ4n) is 4.02. The largest absolute Gasteiger partial charge is 0.321 e. The van der Waals surface area contributed by atoms with E-state index in [1.54, 1.807) is 12.1 Å². The predicted molar refractivity (Wildman–Crippen MR) is 108 cm³/mol. The number of nitrogens with zero attached hydrogens (tertiary/aromatic N) is 2. The lowest BCUT2D eigenvalue weighted by Gasteiger charge is -2.37. The lowest BCUT2D eigenvalue weighted by molar-refractivity contribution is -0.932. The molecule has 0 aliphatic carbocycles. The van der Waals surface area contributed by atoms with Crippen molar-refractivity contribution >= 4 is 11.6 Å². The molecular formula is C23H28N3O+. The van der Waals surface area contributed by atoms with E-state index < -0.39 is 0 Å². The quantitative estimate of drug-likeness (QED) is 0.802. The van der Waals surface area contributed by atoms with Crippen LogP contribution in [-0.2, 0) is 11.3 Å². The van der Waals surface area contributed by atoms with E-state index in [2.05, 4.69) is 35.7 Å². The van der Waals surface area contributed by atoms with Gasteiger partial charge in [0.25, 0.3) is 5.91 Å². The Morgan fingerprint density at radius 1 is 1.07 bits per heavy atom. The minimum atomic E-state index is 0.0334. The summed E-state index contributed by atoms with van der Waals surface area (Å²) in [7, 11) is 0. The van der Waals surface area contributed by atoms with Gasteiger partial charge in [-0.15, -0.1) is 0 Å². The molecule has 3 rings (SSSR count). The third-order valence-electron chi connectivity index (χ3n) is 5.50. The fraction of sp³-hybridized carbons (Fsp3) is 0.391. The molecule has 27 heavy (non-hydrogen) atoms. The highest BCUT2D eigenvalue weighted by Gasteiger charge is 2.31. The van der Waals surface area contributed by atoms with Crippen molar-refractivity contribution in [1.29, 1.82) is 5.26 Å². The summed E-state index contributed by atoms with van der Waals surface area (Å²) in [6.07, 6.45) is 4.84. The van der Waals surface area contributed by atoms with Gasteiger partial charge in [-0.05, 0) is 50.3 Å². The zero-order chi connectivity index (χ0) is 19.1. The van der Waals surface area contributed by atoms with E-state index in [0.717, 1.165) is 35.4 Å². The number of benzene rings is 2. The van der Waals surface area contributed by atoms with Crippen molar-refractivity contribution in [3.8, 4) is 6.07 Å². The second-order valence-corrected chi connectivity index (χ2v) is 7.69. The number of aryl methyl sites for hydroxylation is 1. The van der Waals surface area contributed by atoms with Gasteiger partial charge in [-0.2, -0.15) is 5.26 Å². The predicted octanol–water partition coefficient (Wildman–Crippen LogP) is 4.40. The Kier molecular flexibility index (Phi) is 6.26. The molecule has 0 radical (unpaired) electrons. The number of hydrogen-bond acceptors (Lipinski definition) is 2. The lowest BCUT2D eigenvalue weighted by atomic mass is 10.1. The van der Waals surface area contributed by atoms with Gasteiger partial charge in [-0.25, -0.2) is 0 Å². The normalized spacial score (nSPS) is 16.1. The molecule has 4 heteroatoms. The Hall–Kier alpha value is -2.64. The monoisotopic (exact) mass is 362 g/mol. The van der Waals surface area contributed by atoms with Gasteiger partial charge in [0, 0.05) is 11.3 Å². The van der Waals surface area contributed by atoms with E-state index in [-0.39, 0.29) is 5.91 Å². The number of anilines is 1. The number of quaternary nitrogens is 1. The van der Waals surface area contributed by atoms with Crippen LogP contribution in [0, 0.1) is 18.3 Å². The molecule has 0 spiro atoms. The van der Waals surface area contributed by atoms with Crippen LogP contribution in [0.4, 0.5) is 5.69 Å². The van der Waals surface area contributed by atoms with E-state index in [4.69, 9.17) is 5.26 Å². The van der Waals surface area contributed by atoms with Crippen molar-refractivity contribution in [1.82, 2.24) is 0 Å². The molecule has 0 aromatic heterocycles. The number of likely N-dealkylation sites (tertiary alicyclic amines) is 1. The first-order valence-corrected chi connectivity index (χ1v) is 9.80. The summed E-state index contributed by atoms with van der Waals surface area (Å²) in [5.41, 5.74) is 3.58. The van der Waals surface area contributed by atoms with E-state index in [1.807, 2.05) is 19.1 Å². The number of nitriles is 1. The van der Waals surface area contributed by atoms with Crippen LogP contribution in [-0.4, -0.2) is 30.0 Å². The van der Waals surface area contributed by atoms with Crippen LogP contribution in [0.15, 0.2) is 48.5 Å². The topological polar surface area (TPSA) is 52.9 Å². The van der Waals surface area contributed by atoms with Gasteiger partial charge < -0.3 is 9.80 Å². The number of carbonyl (C=O) groups is 1. The van der Waals surface area contributed by atoms with Gasteiger partial charge in [0.05, 0.1) is 24.7 Å². The maximum Gasteiger partial charge on any atom is 0.279 e. The molecule has 2 aromatic carbocycles. The third-order valence-corrected chi connectivity index (χ3v) is 5.50.